The van der Waals surface area contributed by atoms with Crippen molar-refractivity contribution < 1.29 is 9.53 Å². The topological polar surface area (TPSA) is 77.5 Å². The highest BCUT2D eigenvalue weighted by Gasteiger charge is 2.31. The summed E-state index contributed by atoms with van der Waals surface area (Å²) in [7, 11) is 0. The Kier molecular flexibility index (Phi) is 6.56. The van der Waals surface area contributed by atoms with Crippen molar-refractivity contribution in [3.05, 3.63) is 69.8 Å². The molecule has 1 aliphatic heterocycles. The molecule has 0 radical (unpaired) electrons. The van der Waals surface area contributed by atoms with Crippen molar-refractivity contribution in [1.82, 2.24) is 29.0 Å². The summed E-state index contributed by atoms with van der Waals surface area (Å²) in [6, 6.07) is 9.50. The first-order chi connectivity index (χ1) is 18.6. The quantitative estimate of drug-likeness (QED) is 0.205. The van der Waals surface area contributed by atoms with Crippen LogP contribution in [-0.2, 0) is 4.74 Å². The minimum absolute atomic E-state index is 0.0811. The molecule has 39 heavy (non-hydrogen) atoms. The Morgan fingerprint density at radius 2 is 1.90 bits per heavy atom. The number of amides is 1. The second-order valence-electron chi connectivity index (χ2n) is 10.6. The number of aromatic nitrogens is 5. The highest BCUT2D eigenvalue weighted by Crippen LogP contribution is 2.39. The van der Waals surface area contributed by atoms with E-state index in [1.54, 1.807) is 17.0 Å². The molecular weight excluding hydrogens is 603 g/mol. The lowest BCUT2D eigenvalue weighted by molar-refractivity contribution is 0.0288. The number of pyridine rings is 2. The van der Waals surface area contributed by atoms with Crippen LogP contribution >= 0.6 is 39.1 Å². The van der Waals surface area contributed by atoms with Gasteiger partial charge in [0.05, 0.1) is 27.8 Å². The van der Waals surface area contributed by atoms with Crippen LogP contribution in [0.25, 0.3) is 38.9 Å². The maximum atomic E-state index is 12.5. The van der Waals surface area contributed by atoms with Gasteiger partial charge in [-0.05, 0) is 67.4 Å². The summed E-state index contributed by atoms with van der Waals surface area (Å²) in [5, 5.41) is 6.55. The lowest BCUT2D eigenvalue weighted by Gasteiger charge is -2.24. The van der Waals surface area contributed by atoms with Crippen LogP contribution in [0.4, 0.5) is 4.79 Å². The van der Waals surface area contributed by atoms with Crippen LogP contribution in [0.3, 0.4) is 0 Å². The van der Waals surface area contributed by atoms with Crippen LogP contribution in [0.15, 0.2) is 59.7 Å². The number of carbonyl (C=O) groups is 1. The van der Waals surface area contributed by atoms with Crippen LogP contribution in [0.5, 0.6) is 0 Å². The molecule has 0 spiro atoms. The Hall–Kier alpha value is -3.14. The fraction of sp³-hybridized carbons (Fsp3) is 0.286. The molecule has 1 unspecified atom stereocenters. The third-order valence-electron chi connectivity index (χ3n) is 6.72. The Bertz CT molecular complexity index is 1720. The molecule has 1 amide bonds. The molecule has 1 fully saturated rings. The van der Waals surface area contributed by atoms with Gasteiger partial charge in [0.2, 0.25) is 0 Å². The number of nitrogens with zero attached hydrogens (tertiary/aromatic N) is 6. The number of ether oxygens (including phenoxy) is 1. The predicted molar refractivity (Wildman–Crippen MR) is 156 cm³/mol. The maximum Gasteiger partial charge on any atom is 0.410 e. The van der Waals surface area contributed by atoms with E-state index in [9.17, 15) is 4.79 Å². The zero-order valence-corrected chi connectivity index (χ0v) is 24.6. The fourth-order valence-electron chi connectivity index (χ4n) is 4.85. The van der Waals surface area contributed by atoms with Gasteiger partial charge in [-0.2, -0.15) is 5.10 Å². The third-order valence-corrected chi connectivity index (χ3v) is 8.10. The molecule has 8 nitrogen and oxygen atoms in total. The smallest absolute Gasteiger partial charge is 0.410 e. The van der Waals surface area contributed by atoms with E-state index in [2.05, 4.69) is 27.1 Å². The van der Waals surface area contributed by atoms with E-state index in [-0.39, 0.29) is 12.1 Å². The van der Waals surface area contributed by atoms with E-state index >= 15 is 0 Å². The van der Waals surface area contributed by atoms with Crippen LogP contribution in [0.1, 0.15) is 33.2 Å². The summed E-state index contributed by atoms with van der Waals surface area (Å²) < 4.78 is 10.2. The molecule has 4 aromatic heterocycles. The zero-order valence-electron chi connectivity index (χ0n) is 21.5. The SMILES string of the molecule is CC(C)(C)OC(=O)N1CCC(n2cc(-c3cnc4ccn5c(Br)c(-c6c(Cl)cccc6Cl)nc5c4c3)cn2)C1. The normalized spacial score (nSPS) is 15.9. The molecule has 1 atom stereocenters. The lowest BCUT2D eigenvalue weighted by atomic mass is 10.1. The molecule has 1 saturated heterocycles. The van der Waals surface area contributed by atoms with E-state index in [1.807, 2.05) is 66.8 Å². The number of fused-ring (bicyclic) bond motifs is 3. The van der Waals surface area contributed by atoms with Crippen molar-refractivity contribution >= 4 is 61.8 Å². The summed E-state index contributed by atoms with van der Waals surface area (Å²) in [5.41, 5.74) is 4.21. The van der Waals surface area contributed by atoms with E-state index in [1.165, 1.54) is 0 Å². The standard InChI is InChI=1S/C28H25BrCl2N6O2/c1-28(2,3)39-27(38)35-9-7-18(15-35)37-14-17(13-33-37)16-11-19-22(32-12-16)8-10-36-25(29)24(34-26(19)36)23-20(30)5-4-6-21(23)31/h4-6,8,10-14,18H,7,9,15H2,1-3H3. The first-order valence-electron chi connectivity index (χ1n) is 12.5. The van der Waals surface area contributed by atoms with Crippen LogP contribution in [0, 0.1) is 0 Å². The van der Waals surface area contributed by atoms with E-state index in [4.69, 9.17) is 37.9 Å². The number of benzene rings is 1. The van der Waals surface area contributed by atoms with Crippen molar-refractivity contribution in [3.63, 3.8) is 0 Å². The molecule has 6 rings (SSSR count). The Morgan fingerprint density at radius 1 is 1.13 bits per heavy atom. The van der Waals surface area contributed by atoms with E-state index < -0.39 is 5.60 Å². The summed E-state index contributed by atoms with van der Waals surface area (Å²) in [6.45, 7) is 6.81. The summed E-state index contributed by atoms with van der Waals surface area (Å²) in [5.74, 6) is 0. The Morgan fingerprint density at radius 3 is 2.64 bits per heavy atom. The lowest BCUT2D eigenvalue weighted by Crippen LogP contribution is -2.35. The second kappa shape index (κ2) is 9.80. The van der Waals surface area contributed by atoms with Crippen LogP contribution in [0.2, 0.25) is 10.0 Å². The van der Waals surface area contributed by atoms with E-state index in [0.29, 0.717) is 34.4 Å². The molecule has 0 N–H and O–H groups in total. The third kappa shape index (κ3) is 4.88. The van der Waals surface area contributed by atoms with Gasteiger partial charge in [0.25, 0.3) is 0 Å². The number of halogens is 3. The molecular formula is C28H25BrCl2N6O2. The van der Waals surface area contributed by atoms with Gasteiger partial charge < -0.3 is 9.64 Å². The van der Waals surface area contributed by atoms with Gasteiger partial charge in [0.15, 0.2) is 0 Å². The Balaban J connectivity index is 1.33. The van der Waals surface area contributed by atoms with E-state index in [0.717, 1.165) is 38.7 Å². The summed E-state index contributed by atoms with van der Waals surface area (Å²) in [4.78, 5) is 23.9. The van der Waals surface area contributed by atoms with Crippen molar-refractivity contribution in [2.24, 2.45) is 0 Å². The monoisotopic (exact) mass is 626 g/mol. The van der Waals surface area contributed by atoms with Gasteiger partial charge in [-0.25, -0.2) is 9.78 Å². The molecule has 1 aromatic carbocycles. The average Bonchev–Trinajstić information content (AvgIpc) is 3.62. The van der Waals surface area contributed by atoms with Gasteiger partial charge in [0.1, 0.15) is 21.5 Å². The summed E-state index contributed by atoms with van der Waals surface area (Å²) >= 11 is 16.7. The molecule has 1 aliphatic rings. The van der Waals surface area contributed by atoms with Gasteiger partial charge in [-0.15, -0.1) is 0 Å². The number of carbonyl (C=O) groups excluding carboxylic acids is 1. The highest BCUT2D eigenvalue weighted by molar-refractivity contribution is 9.10. The molecule has 5 aromatic rings. The largest absolute Gasteiger partial charge is 0.444 e. The first-order valence-corrected chi connectivity index (χ1v) is 14.1. The van der Waals surface area contributed by atoms with Gasteiger partial charge in [-0.3, -0.25) is 14.1 Å². The molecule has 5 heterocycles. The molecule has 200 valence electrons. The second-order valence-corrected chi connectivity index (χ2v) is 12.2. The number of imidazole rings is 1. The van der Waals surface area contributed by atoms with Crippen molar-refractivity contribution in [3.8, 4) is 22.4 Å². The number of rotatable bonds is 3. The van der Waals surface area contributed by atoms with Crippen LogP contribution in [-0.4, -0.2) is 53.8 Å². The molecule has 11 heteroatoms. The zero-order chi connectivity index (χ0) is 27.5. The minimum atomic E-state index is -0.520. The van der Waals surface area contributed by atoms with Crippen molar-refractivity contribution in [1.29, 1.82) is 0 Å². The van der Waals surface area contributed by atoms with Gasteiger partial charge in [0, 0.05) is 53.8 Å². The Labute approximate surface area is 243 Å². The number of hydrogen-bond acceptors (Lipinski definition) is 5. The number of likely N-dealkylation sites (tertiary alicyclic amines) is 1. The van der Waals surface area contributed by atoms with Gasteiger partial charge in [-0.1, -0.05) is 29.3 Å². The van der Waals surface area contributed by atoms with Gasteiger partial charge >= 0.3 is 6.09 Å². The van der Waals surface area contributed by atoms with Crippen molar-refractivity contribution in [2.45, 2.75) is 38.8 Å². The maximum absolute atomic E-state index is 12.5. The molecule has 0 saturated carbocycles. The van der Waals surface area contributed by atoms with Crippen LogP contribution < -0.4 is 0 Å². The fourth-order valence-corrected chi connectivity index (χ4v) is 6.00. The molecule has 0 aliphatic carbocycles. The minimum Gasteiger partial charge on any atom is -0.444 e. The average molecular weight is 628 g/mol. The number of hydrogen-bond donors (Lipinski definition) is 0. The predicted octanol–water partition coefficient (Wildman–Crippen LogP) is 7.66. The first kappa shape index (κ1) is 26.1. The highest BCUT2D eigenvalue weighted by atomic mass is 79.9. The molecule has 0 bridgehead atoms. The van der Waals surface area contributed by atoms with Crippen molar-refractivity contribution in [2.75, 3.05) is 13.1 Å². The summed E-state index contributed by atoms with van der Waals surface area (Å²) in [6.07, 6.45) is 8.11.